The van der Waals surface area contributed by atoms with Crippen molar-refractivity contribution in [1.29, 1.82) is 0 Å². The van der Waals surface area contributed by atoms with Crippen LogP contribution in [0.1, 0.15) is 57.8 Å². The molecular weight excluding hydrogens is 248 g/mol. The Morgan fingerprint density at radius 1 is 1.05 bits per heavy atom. The smallest absolute Gasteiger partial charge is 0.223 e. The summed E-state index contributed by atoms with van der Waals surface area (Å²) in [5.41, 5.74) is 6.02. The van der Waals surface area contributed by atoms with Gasteiger partial charge in [-0.3, -0.25) is 4.79 Å². The first kappa shape index (κ1) is 13.1. The van der Waals surface area contributed by atoms with Crippen LogP contribution in [0.25, 0.3) is 0 Å². The molecule has 5 aliphatic carbocycles. The third-order valence-electron chi connectivity index (χ3n) is 6.73. The predicted molar refractivity (Wildman–Crippen MR) is 78.9 cm³/mol. The van der Waals surface area contributed by atoms with E-state index in [2.05, 4.69) is 5.32 Å². The molecule has 2 atom stereocenters. The zero-order valence-corrected chi connectivity index (χ0v) is 12.4. The minimum atomic E-state index is 0.174. The van der Waals surface area contributed by atoms with E-state index in [4.69, 9.17) is 5.73 Å². The highest BCUT2D eigenvalue weighted by Gasteiger charge is 2.52. The van der Waals surface area contributed by atoms with Crippen LogP contribution < -0.4 is 11.1 Å². The molecule has 112 valence electrons. The van der Waals surface area contributed by atoms with Crippen molar-refractivity contribution in [2.45, 2.75) is 63.3 Å². The third-order valence-corrected chi connectivity index (χ3v) is 6.73. The quantitative estimate of drug-likeness (QED) is 0.832. The molecule has 3 N–H and O–H groups in total. The summed E-state index contributed by atoms with van der Waals surface area (Å²) < 4.78 is 0. The highest BCUT2D eigenvalue weighted by Crippen LogP contribution is 2.55. The lowest BCUT2D eigenvalue weighted by molar-refractivity contribution is -0.131. The Bertz CT molecular complexity index is 371. The van der Waals surface area contributed by atoms with Gasteiger partial charge in [0.1, 0.15) is 0 Å². The van der Waals surface area contributed by atoms with Crippen LogP contribution >= 0.6 is 0 Å². The van der Waals surface area contributed by atoms with Crippen molar-refractivity contribution in [3.8, 4) is 0 Å². The van der Waals surface area contributed by atoms with E-state index < -0.39 is 0 Å². The number of carbonyl (C=O) groups is 1. The largest absolute Gasteiger partial charge is 0.350 e. The fourth-order valence-corrected chi connectivity index (χ4v) is 6.28. The topological polar surface area (TPSA) is 55.1 Å². The standard InChI is InChI=1S/C17H28N2O/c18-10-14-2-1-3-15(14)16(20)19-17-7-11-4-12(8-17)6-13(5-11)9-17/h11-15H,1-10,18H2,(H,19,20)/t11?,12?,13?,14-,15-,17?/m1/s1. The molecule has 5 rings (SSSR count). The Balaban J connectivity index is 1.47. The lowest BCUT2D eigenvalue weighted by atomic mass is 9.53. The number of rotatable bonds is 3. The summed E-state index contributed by atoms with van der Waals surface area (Å²) in [6.07, 6.45) is 11.5. The molecule has 4 bridgehead atoms. The molecule has 3 heteroatoms. The molecule has 0 heterocycles. The van der Waals surface area contributed by atoms with Gasteiger partial charge in [-0.25, -0.2) is 0 Å². The Hall–Kier alpha value is -0.570. The molecule has 0 saturated heterocycles. The summed E-state index contributed by atoms with van der Waals surface area (Å²) in [5, 5.41) is 3.54. The number of hydrogen-bond acceptors (Lipinski definition) is 2. The van der Waals surface area contributed by atoms with Crippen molar-refractivity contribution in [2.24, 2.45) is 35.3 Å². The van der Waals surface area contributed by atoms with E-state index in [1.165, 1.54) is 44.9 Å². The van der Waals surface area contributed by atoms with Gasteiger partial charge in [0, 0.05) is 11.5 Å². The van der Waals surface area contributed by atoms with Crippen LogP contribution in [0, 0.1) is 29.6 Å². The van der Waals surface area contributed by atoms with Crippen LogP contribution in [0.3, 0.4) is 0 Å². The minimum absolute atomic E-state index is 0.174. The van der Waals surface area contributed by atoms with E-state index in [9.17, 15) is 4.79 Å². The third kappa shape index (κ3) is 2.09. The molecule has 20 heavy (non-hydrogen) atoms. The van der Waals surface area contributed by atoms with Crippen LogP contribution in [0.15, 0.2) is 0 Å². The second-order valence-corrected chi connectivity index (χ2v) is 8.22. The molecular formula is C17H28N2O. The summed E-state index contributed by atoms with van der Waals surface area (Å²) >= 11 is 0. The van der Waals surface area contributed by atoms with E-state index in [0.29, 0.717) is 18.4 Å². The zero-order chi connectivity index (χ0) is 13.7. The predicted octanol–water partition coefficient (Wildman–Crippen LogP) is 2.45. The summed E-state index contributed by atoms with van der Waals surface area (Å²) in [5.74, 6) is 3.66. The molecule has 0 aromatic carbocycles. The Morgan fingerprint density at radius 2 is 1.65 bits per heavy atom. The maximum atomic E-state index is 12.7. The first-order chi connectivity index (χ1) is 9.67. The molecule has 5 aliphatic rings. The van der Waals surface area contributed by atoms with E-state index in [0.717, 1.165) is 30.6 Å². The van der Waals surface area contributed by atoms with E-state index in [1.807, 2.05) is 0 Å². The second-order valence-electron chi connectivity index (χ2n) is 8.22. The van der Waals surface area contributed by atoms with Crippen molar-refractivity contribution >= 4 is 5.91 Å². The number of nitrogens with two attached hydrogens (primary N) is 1. The molecule has 3 nitrogen and oxygen atoms in total. The van der Waals surface area contributed by atoms with Crippen molar-refractivity contribution in [3.05, 3.63) is 0 Å². The summed E-state index contributed by atoms with van der Waals surface area (Å²) in [4.78, 5) is 12.7. The zero-order valence-electron chi connectivity index (χ0n) is 12.4. The van der Waals surface area contributed by atoms with Crippen molar-refractivity contribution < 1.29 is 4.79 Å². The normalized spacial score (nSPS) is 49.5. The molecule has 0 aliphatic heterocycles. The molecule has 0 radical (unpaired) electrons. The lowest BCUT2D eigenvalue weighted by Crippen LogP contribution is -2.61. The Morgan fingerprint density at radius 3 is 2.20 bits per heavy atom. The summed E-state index contributed by atoms with van der Waals surface area (Å²) in [7, 11) is 0. The van der Waals surface area contributed by atoms with Gasteiger partial charge in [0.15, 0.2) is 0 Å². The second kappa shape index (κ2) is 4.72. The number of amides is 1. The van der Waals surface area contributed by atoms with Crippen LogP contribution in [0.5, 0.6) is 0 Å². The minimum Gasteiger partial charge on any atom is -0.350 e. The summed E-state index contributed by atoms with van der Waals surface area (Å²) in [6, 6.07) is 0. The lowest BCUT2D eigenvalue weighted by Gasteiger charge is -2.57. The van der Waals surface area contributed by atoms with Gasteiger partial charge in [-0.2, -0.15) is 0 Å². The van der Waals surface area contributed by atoms with Crippen LogP contribution in [-0.2, 0) is 4.79 Å². The van der Waals surface area contributed by atoms with Crippen molar-refractivity contribution in [3.63, 3.8) is 0 Å². The number of nitrogens with one attached hydrogen (secondary N) is 1. The van der Waals surface area contributed by atoms with Crippen LogP contribution in [0.2, 0.25) is 0 Å². The monoisotopic (exact) mass is 276 g/mol. The first-order valence-electron chi connectivity index (χ1n) is 8.69. The van der Waals surface area contributed by atoms with Gasteiger partial charge >= 0.3 is 0 Å². The number of hydrogen-bond donors (Lipinski definition) is 2. The highest BCUT2D eigenvalue weighted by molar-refractivity contribution is 5.80. The van der Waals surface area contributed by atoms with Crippen molar-refractivity contribution in [1.82, 2.24) is 5.32 Å². The maximum Gasteiger partial charge on any atom is 0.223 e. The van der Waals surface area contributed by atoms with E-state index >= 15 is 0 Å². The number of carbonyl (C=O) groups excluding carboxylic acids is 1. The molecule has 0 aromatic rings. The first-order valence-corrected chi connectivity index (χ1v) is 8.69. The van der Waals surface area contributed by atoms with Crippen LogP contribution in [-0.4, -0.2) is 18.0 Å². The Kier molecular flexibility index (Phi) is 3.10. The van der Waals surface area contributed by atoms with Gasteiger partial charge in [-0.05, 0) is 81.6 Å². The van der Waals surface area contributed by atoms with Gasteiger partial charge in [-0.15, -0.1) is 0 Å². The van der Waals surface area contributed by atoms with Crippen molar-refractivity contribution in [2.75, 3.05) is 6.54 Å². The maximum absolute atomic E-state index is 12.7. The van der Waals surface area contributed by atoms with Gasteiger partial charge in [0.05, 0.1) is 0 Å². The molecule has 5 saturated carbocycles. The summed E-state index contributed by atoms with van der Waals surface area (Å²) in [6.45, 7) is 0.680. The average Bonchev–Trinajstić information content (AvgIpc) is 2.84. The van der Waals surface area contributed by atoms with Gasteiger partial charge < -0.3 is 11.1 Å². The molecule has 0 spiro atoms. The molecule has 5 fully saturated rings. The van der Waals surface area contributed by atoms with Gasteiger partial charge in [0.2, 0.25) is 5.91 Å². The van der Waals surface area contributed by atoms with Crippen LogP contribution in [0.4, 0.5) is 0 Å². The average molecular weight is 276 g/mol. The SMILES string of the molecule is NC[C@H]1CCC[C@H]1C(=O)NC12CC3CC(CC(C3)C1)C2. The van der Waals surface area contributed by atoms with E-state index in [-0.39, 0.29) is 11.5 Å². The molecule has 0 unspecified atom stereocenters. The molecule has 0 aromatic heterocycles. The fourth-order valence-electron chi connectivity index (χ4n) is 6.28. The van der Waals surface area contributed by atoms with Gasteiger partial charge in [-0.1, -0.05) is 6.42 Å². The van der Waals surface area contributed by atoms with Gasteiger partial charge in [0.25, 0.3) is 0 Å². The molecule has 1 amide bonds. The Labute approximate surface area is 122 Å². The fraction of sp³-hybridized carbons (Fsp3) is 0.941. The highest BCUT2D eigenvalue weighted by atomic mass is 16.2. The van der Waals surface area contributed by atoms with E-state index in [1.54, 1.807) is 0 Å².